The molecule has 50 heavy (non-hydrogen) atoms. The topological polar surface area (TPSA) is 154 Å². The van der Waals surface area contributed by atoms with Crippen LogP contribution >= 0.6 is 11.8 Å². The highest BCUT2D eigenvalue weighted by atomic mass is 32.2. The third kappa shape index (κ3) is 8.84. The van der Waals surface area contributed by atoms with Crippen molar-refractivity contribution >= 4 is 35.5 Å². The maximum absolute atomic E-state index is 13.9. The fourth-order valence-electron chi connectivity index (χ4n) is 5.59. The maximum atomic E-state index is 13.9. The Bertz CT molecular complexity index is 1800. The Kier molecular flexibility index (Phi) is 11.8. The van der Waals surface area contributed by atoms with E-state index >= 15 is 0 Å². The number of aliphatic carboxylic acids is 1. The summed E-state index contributed by atoms with van der Waals surface area (Å²) in [5, 5.41) is 27.3. The molecule has 0 aliphatic carbocycles. The molecule has 0 aromatic heterocycles. The first-order valence-electron chi connectivity index (χ1n) is 15.7. The number of carbonyl (C=O) groups excluding carboxylic acids is 3. The number of aryl methyl sites for hydroxylation is 1. The molecule has 1 fully saturated rings. The molecule has 1 unspecified atom stereocenters. The number of hydrogen-bond acceptors (Lipinski definition) is 7. The lowest BCUT2D eigenvalue weighted by Crippen LogP contribution is -2.69. The van der Waals surface area contributed by atoms with Gasteiger partial charge in [-0.25, -0.2) is 13.6 Å². The highest BCUT2D eigenvalue weighted by Crippen LogP contribution is 2.46. The van der Waals surface area contributed by atoms with Crippen LogP contribution < -0.4 is 20.7 Å². The van der Waals surface area contributed by atoms with Crippen molar-refractivity contribution in [2.24, 2.45) is 0 Å². The Labute approximate surface area is 291 Å². The van der Waals surface area contributed by atoms with Gasteiger partial charge in [-0.2, -0.15) is 0 Å². The van der Waals surface area contributed by atoms with E-state index in [1.165, 1.54) is 48.2 Å². The van der Waals surface area contributed by atoms with E-state index in [1.807, 2.05) is 30.3 Å². The van der Waals surface area contributed by atoms with Gasteiger partial charge in [0.15, 0.2) is 6.61 Å². The predicted molar refractivity (Wildman–Crippen MR) is 182 cm³/mol. The first-order chi connectivity index (χ1) is 24.0. The number of amides is 3. The van der Waals surface area contributed by atoms with Gasteiger partial charge in [0, 0.05) is 5.75 Å². The molecule has 5 rings (SSSR count). The zero-order chi connectivity index (χ0) is 35.7. The highest BCUT2D eigenvalue weighted by Gasteiger charge is 2.56. The summed E-state index contributed by atoms with van der Waals surface area (Å²) in [6, 6.07) is 25.9. The Morgan fingerprint density at radius 1 is 0.860 bits per heavy atom. The van der Waals surface area contributed by atoms with Crippen LogP contribution in [0.2, 0.25) is 0 Å². The highest BCUT2D eigenvalue weighted by molar-refractivity contribution is 8.00. The number of ether oxygens (including phenoxy) is 1. The molecule has 4 aromatic rings. The third-order valence-corrected chi connectivity index (χ3v) is 9.66. The Morgan fingerprint density at radius 3 is 2.06 bits per heavy atom. The first-order valence-corrected chi connectivity index (χ1v) is 16.8. The molecule has 0 spiro atoms. The normalized spacial score (nSPS) is 17.8. The molecule has 1 aliphatic rings. The summed E-state index contributed by atoms with van der Waals surface area (Å²) in [4.78, 5) is 49.3. The van der Waals surface area contributed by atoms with Crippen molar-refractivity contribution in [1.29, 1.82) is 0 Å². The number of β-lactam (4-membered cyclic amide) rings is 1. The second-order valence-corrected chi connectivity index (χ2v) is 12.8. The molecule has 0 radical (unpaired) electrons. The number of benzene rings is 4. The molecular formula is C37H35F2N3O7S. The second-order valence-electron chi connectivity index (χ2n) is 11.7. The third-order valence-electron chi connectivity index (χ3n) is 8.25. The van der Waals surface area contributed by atoms with Gasteiger partial charge < -0.3 is 30.9 Å². The molecule has 260 valence electrons. The number of carboxylic acids is 1. The lowest BCUT2D eigenvalue weighted by Gasteiger charge is -2.50. The van der Waals surface area contributed by atoms with Gasteiger partial charge in [-0.3, -0.25) is 14.4 Å². The average molecular weight is 704 g/mol. The van der Waals surface area contributed by atoms with Gasteiger partial charge >= 0.3 is 5.97 Å². The van der Waals surface area contributed by atoms with Gasteiger partial charge in [0.2, 0.25) is 11.8 Å². The summed E-state index contributed by atoms with van der Waals surface area (Å²) in [7, 11) is 0. The van der Waals surface area contributed by atoms with E-state index in [0.29, 0.717) is 28.9 Å². The van der Waals surface area contributed by atoms with E-state index in [0.717, 1.165) is 5.56 Å². The number of carbonyl (C=O) groups is 4. The van der Waals surface area contributed by atoms with Crippen LogP contribution in [0.15, 0.2) is 103 Å². The minimum absolute atomic E-state index is 0.131. The van der Waals surface area contributed by atoms with Crippen molar-refractivity contribution in [3.05, 3.63) is 137 Å². The first kappa shape index (κ1) is 36.0. The van der Waals surface area contributed by atoms with Crippen LogP contribution in [0, 0.1) is 11.6 Å². The lowest BCUT2D eigenvalue weighted by atomic mass is 9.74. The molecule has 4 atom stereocenters. The molecule has 13 heteroatoms. The van der Waals surface area contributed by atoms with Crippen LogP contribution in [-0.4, -0.2) is 64.1 Å². The van der Waals surface area contributed by atoms with Crippen molar-refractivity contribution in [3.63, 3.8) is 0 Å². The van der Waals surface area contributed by atoms with Gasteiger partial charge in [0.25, 0.3) is 5.91 Å². The summed E-state index contributed by atoms with van der Waals surface area (Å²) >= 11 is 1.21. The largest absolute Gasteiger partial charge is 0.484 e. The number of hydrogen-bond donors (Lipinski definition) is 5. The minimum Gasteiger partial charge on any atom is -0.484 e. The number of rotatable bonds is 16. The van der Waals surface area contributed by atoms with E-state index in [2.05, 4.69) is 16.0 Å². The van der Waals surface area contributed by atoms with Gasteiger partial charge in [0.1, 0.15) is 34.2 Å². The summed E-state index contributed by atoms with van der Waals surface area (Å²) in [6.45, 7) is -0.867. The van der Waals surface area contributed by atoms with Crippen LogP contribution in [0.3, 0.4) is 0 Å². The molecular weight excluding hydrogens is 668 g/mol. The number of halogens is 2. The summed E-state index contributed by atoms with van der Waals surface area (Å²) in [6.07, 6.45) is -0.331. The van der Waals surface area contributed by atoms with E-state index in [1.54, 1.807) is 36.4 Å². The molecule has 5 N–H and O–H groups in total. The molecule has 4 aromatic carbocycles. The molecule has 10 nitrogen and oxygen atoms in total. The van der Waals surface area contributed by atoms with Gasteiger partial charge in [-0.1, -0.05) is 66.7 Å². The zero-order valence-corrected chi connectivity index (χ0v) is 27.5. The smallest absolute Gasteiger partial charge is 0.326 e. The van der Waals surface area contributed by atoms with E-state index in [4.69, 9.17) is 4.74 Å². The minimum atomic E-state index is -1.18. The predicted octanol–water partition coefficient (Wildman–Crippen LogP) is 3.87. The fraction of sp³-hybridized carbons (Fsp3) is 0.243. The van der Waals surface area contributed by atoms with Crippen molar-refractivity contribution in [2.45, 2.75) is 35.8 Å². The monoisotopic (exact) mass is 703 g/mol. The van der Waals surface area contributed by atoms with Crippen molar-refractivity contribution < 1.29 is 42.9 Å². The molecule has 3 amide bonds. The number of aliphatic hydroxyl groups is 1. The van der Waals surface area contributed by atoms with Crippen LogP contribution in [0.1, 0.15) is 34.8 Å². The Hall–Kier alpha value is -5.27. The maximum Gasteiger partial charge on any atom is 0.326 e. The Balaban J connectivity index is 1.17. The van der Waals surface area contributed by atoms with Crippen LogP contribution in [0.4, 0.5) is 8.78 Å². The number of carboxylic acid groups (broad SMARTS) is 1. The molecule has 0 bridgehead atoms. The van der Waals surface area contributed by atoms with Crippen molar-refractivity contribution in [2.75, 3.05) is 18.9 Å². The lowest BCUT2D eigenvalue weighted by molar-refractivity contribution is -0.142. The quantitative estimate of drug-likeness (QED) is 0.110. The summed E-state index contributed by atoms with van der Waals surface area (Å²) in [5.41, 5.74) is 1.62. The average Bonchev–Trinajstić information content (AvgIpc) is 3.11. The van der Waals surface area contributed by atoms with E-state index in [-0.39, 0.29) is 18.1 Å². The van der Waals surface area contributed by atoms with Crippen LogP contribution in [0.25, 0.3) is 0 Å². The van der Waals surface area contributed by atoms with Gasteiger partial charge in [-0.05, 0) is 71.5 Å². The fourth-order valence-corrected chi connectivity index (χ4v) is 6.95. The van der Waals surface area contributed by atoms with Crippen molar-refractivity contribution in [1.82, 2.24) is 16.0 Å². The number of aliphatic hydroxyl groups excluding tert-OH is 1. The number of nitrogens with one attached hydrogen (secondary N) is 3. The Morgan fingerprint density at radius 2 is 1.46 bits per heavy atom. The molecule has 1 aliphatic heterocycles. The zero-order valence-electron chi connectivity index (χ0n) is 26.7. The van der Waals surface area contributed by atoms with Crippen molar-refractivity contribution in [3.8, 4) is 5.75 Å². The van der Waals surface area contributed by atoms with E-state index in [9.17, 15) is 38.2 Å². The second kappa shape index (κ2) is 16.4. The summed E-state index contributed by atoms with van der Waals surface area (Å²) in [5.74, 6) is -3.16. The van der Waals surface area contributed by atoms with Gasteiger partial charge in [-0.15, -0.1) is 11.8 Å². The molecule has 1 heterocycles. The van der Waals surface area contributed by atoms with Crippen LogP contribution in [0.5, 0.6) is 5.75 Å². The van der Waals surface area contributed by atoms with E-state index < -0.39 is 65.5 Å². The van der Waals surface area contributed by atoms with Crippen LogP contribution in [-0.2, 0) is 31.1 Å². The molecule has 0 saturated carbocycles. The molecule has 1 saturated heterocycles. The standard InChI is InChI=1S/C37H35F2N3O7S/c38-27-13-7-24(8-14-27)31(43)22-50-34-35(46)42-37(34,25-9-15-28(39)16-10-25)26-11-17-29(18-12-26)49-21-33(45)40-20-32(44)41-30(36(47)48)19-6-23-4-2-1-3-5-23/h1-5,7-18,30-31,34,43H,6,19-22H2,(H,40,45)(H,41,44)(H,42,46)(H,47,48)/t30-,31?,34+,37+/m1/s1. The SMILES string of the molecule is O=C(COc1ccc([C@]2(c3ccc(F)cc3)NC(=O)[C@@H]2SCC(O)c2ccc(F)cc2)cc1)NCC(=O)N[C@H](CCc1ccccc1)C(=O)O. The van der Waals surface area contributed by atoms with Gasteiger partial charge in [0.05, 0.1) is 12.6 Å². The summed E-state index contributed by atoms with van der Waals surface area (Å²) < 4.78 is 32.8. The number of thioether (sulfide) groups is 1.